The first kappa shape index (κ1) is 13.3. The Labute approximate surface area is 96.8 Å². The molecule has 0 bridgehead atoms. The Hall–Kier alpha value is -0.810. The van der Waals surface area contributed by atoms with Crippen LogP contribution in [0, 0.1) is 0 Å². The zero-order valence-corrected chi connectivity index (χ0v) is 10.3. The van der Waals surface area contributed by atoms with E-state index in [4.69, 9.17) is 9.84 Å². The van der Waals surface area contributed by atoms with Crippen molar-refractivity contribution in [3.05, 3.63) is 0 Å². The molecule has 1 heterocycles. The fourth-order valence-electron chi connectivity index (χ4n) is 1.59. The van der Waals surface area contributed by atoms with Gasteiger partial charge in [-0.25, -0.2) is 4.79 Å². The van der Waals surface area contributed by atoms with Crippen LogP contribution in [0.4, 0.5) is 4.79 Å². The second-order valence-electron chi connectivity index (χ2n) is 5.09. The van der Waals surface area contributed by atoms with Crippen molar-refractivity contribution in [3.63, 3.8) is 0 Å². The van der Waals surface area contributed by atoms with Gasteiger partial charge in [-0.15, -0.1) is 0 Å². The van der Waals surface area contributed by atoms with Crippen LogP contribution < -0.4 is 5.32 Å². The van der Waals surface area contributed by atoms with E-state index in [0.29, 0.717) is 19.6 Å². The van der Waals surface area contributed by atoms with Gasteiger partial charge in [-0.3, -0.25) is 0 Å². The molecule has 0 aromatic carbocycles. The monoisotopic (exact) mass is 230 g/mol. The van der Waals surface area contributed by atoms with Gasteiger partial charge in [0.05, 0.1) is 6.61 Å². The Morgan fingerprint density at radius 2 is 2.19 bits per heavy atom. The second-order valence-corrected chi connectivity index (χ2v) is 5.09. The molecule has 1 saturated heterocycles. The quantitative estimate of drug-likeness (QED) is 0.691. The zero-order chi connectivity index (χ0) is 12.2. The standard InChI is InChI=1S/C11H22N2O3/c1-11(2,3)16-10(15)13-6-4-9(8-14)12-5-7-13/h9,12,14H,4-8H2,1-3H3/t9-/m1/s1. The summed E-state index contributed by atoms with van der Waals surface area (Å²) in [5, 5.41) is 12.2. The number of carbonyl (C=O) groups is 1. The first-order valence-corrected chi connectivity index (χ1v) is 5.74. The summed E-state index contributed by atoms with van der Waals surface area (Å²) in [6, 6.07) is 0.0902. The maximum Gasteiger partial charge on any atom is 0.410 e. The second kappa shape index (κ2) is 5.50. The molecule has 0 spiro atoms. The van der Waals surface area contributed by atoms with Crippen molar-refractivity contribution in [3.8, 4) is 0 Å². The van der Waals surface area contributed by atoms with E-state index in [2.05, 4.69) is 5.32 Å². The highest BCUT2D eigenvalue weighted by atomic mass is 16.6. The number of ether oxygens (including phenoxy) is 1. The molecule has 5 heteroatoms. The van der Waals surface area contributed by atoms with Gasteiger partial charge in [0.1, 0.15) is 5.60 Å². The third-order valence-electron chi connectivity index (χ3n) is 2.43. The van der Waals surface area contributed by atoms with E-state index in [-0.39, 0.29) is 18.7 Å². The summed E-state index contributed by atoms with van der Waals surface area (Å²) >= 11 is 0. The fourth-order valence-corrected chi connectivity index (χ4v) is 1.59. The summed E-state index contributed by atoms with van der Waals surface area (Å²) < 4.78 is 5.30. The molecule has 2 N–H and O–H groups in total. The Kier molecular flexibility index (Phi) is 4.56. The number of hydrogen-bond acceptors (Lipinski definition) is 4. The molecule has 0 aromatic heterocycles. The van der Waals surface area contributed by atoms with Crippen LogP contribution in [0.25, 0.3) is 0 Å². The van der Waals surface area contributed by atoms with E-state index in [1.807, 2.05) is 20.8 Å². The summed E-state index contributed by atoms with van der Waals surface area (Å²) in [6.45, 7) is 7.65. The van der Waals surface area contributed by atoms with Gasteiger partial charge < -0.3 is 20.1 Å². The Morgan fingerprint density at radius 1 is 1.50 bits per heavy atom. The van der Waals surface area contributed by atoms with Gasteiger partial charge in [-0.1, -0.05) is 0 Å². The predicted octanol–water partition coefficient (Wildman–Crippen LogP) is 0.578. The predicted molar refractivity (Wildman–Crippen MR) is 61.3 cm³/mol. The maximum absolute atomic E-state index is 11.8. The van der Waals surface area contributed by atoms with Crippen LogP contribution in [0.2, 0.25) is 0 Å². The van der Waals surface area contributed by atoms with Gasteiger partial charge in [0.2, 0.25) is 0 Å². The largest absolute Gasteiger partial charge is 0.444 e. The van der Waals surface area contributed by atoms with Crippen molar-refractivity contribution in [2.45, 2.75) is 38.8 Å². The van der Waals surface area contributed by atoms with E-state index in [0.717, 1.165) is 6.42 Å². The molecule has 0 aromatic rings. The van der Waals surface area contributed by atoms with Crippen molar-refractivity contribution in [2.75, 3.05) is 26.2 Å². The lowest BCUT2D eigenvalue weighted by Crippen LogP contribution is -2.38. The van der Waals surface area contributed by atoms with Crippen LogP contribution in [-0.4, -0.2) is 54.0 Å². The molecule has 0 unspecified atom stereocenters. The number of amides is 1. The summed E-state index contributed by atoms with van der Waals surface area (Å²) in [7, 11) is 0. The minimum atomic E-state index is -0.451. The highest BCUT2D eigenvalue weighted by Gasteiger charge is 2.24. The van der Waals surface area contributed by atoms with E-state index in [9.17, 15) is 4.79 Å². The molecule has 0 aliphatic carbocycles. The normalized spacial score (nSPS) is 22.8. The number of nitrogens with zero attached hydrogens (tertiary/aromatic N) is 1. The van der Waals surface area contributed by atoms with Gasteiger partial charge in [0.25, 0.3) is 0 Å². The highest BCUT2D eigenvalue weighted by molar-refractivity contribution is 5.68. The lowest BCUT2D eigenvalue weighted by Gasteiger charge is -2.26. The molecule has 1 amide bonds. The van der Waals surface area contributed by atoms with Crippen molar-refractivity contribution < 1.29 is 14.6 Å². The smallest absolute Gasteiger partial charge is 0.410 e. The van der Waals surface area contributed by atoms with Gasteiger partial charge >= 0.3 is 6.09 Å². The minimum Gasteiger partial charge on any atom is -0.444 e. The molecule has 1 atom stereocenters. The molecular formula is C11H22N2O3. The van der Waals surface area contributed by atoms with E-state index < -0.39 is 5.60 Å². The van der Waals surface area contributed by atoms with Gasteiger partial charge in [-0.05, 0) is 27.2 Å². The van der Waals surface area contributed by atoms with Gasteiger partial charge in [-0.2, -0.15) is 0 Å². The zero-order valence-electron chi connectivity index (χ0n) is 10.3. The van der Waals surface area contributed by atoms with Crippen molar-refractivity contribution in [1.29, 1.82) is 0 Å². The van der Waals surface area contributed by atoms with Crippen LogP contribution in [0.1, 0.15) is 27.2 Å². The molecule has 94 valence electrons. The topological polar surface area (TPSA) is 61.8 Å². The summed E-state index contributed by atoms with van der Waals surface area (Å²) in [5.74, 6) is 0. The first-order chi connectivity index (χ1) is 7.42. The molecule has 1 rings (SSSR count). The van der Waals surface area contributed by atoms with Gasteiger partial charge in [0, 0.05) is 25.7 Å². The average Bonchev–Trinajstić information content (AvgIpc) is 2.39. The van der Waals surface area contributed by atoms with E-state index >= 15 is 0 Å². The molecular weight excluding hydrogens is 208 g/mol. The average molecular weight is 230 g/mol. The van der Waals surface area contributed by atoms with Crippen LogP contribution in [-0.2, 0) is 4.74 Å². The molecule has 5 nitrogen and oxygen atoms in total. The molecule has 16 heavy (non-hydrogen) atoms. The third kappa shape index (κ3) is 4.37. The lowest BCUT2D eigenvalue weighted by molar-refractivity contribution is 0.0260. The van der Waals surface area contributed by atoms with E-state index in [1.54, 1.807) is 4.90 Å². The molecule has 0 radical (unpaired) electrons. The Balaban J connectivity index is 2.45. The van der Waals surface area contributed by atoms with Crippen LogP contribution >= 0.6 is 0 Å². The number of aliphatic hydroxyl groups excluding tert-OH is 1. The number of nitrogens with one attached hydrogen (secondary N) is 1. The van der Waals surface area contributed by atoms with Crippen LogP contribution in [0.15, 0.2) is 0 Å². The van der Waals surface area contributed by atoms with Gasteiger partial charge in [0.15, 0.2) is 0 Å². The van der Waals surface area contributed by atoms with Crippen LogP contribution in [0.5, 0.6) is 0 Å². The third-order valence-corrected chi connectivity index (χ3v) is 2.43. The molecule has 1 aliphatic rings. The highest BCUT2D eigenvalue weighted by Crippen LogP contribution is 2.11. The number of aliphatic hydroxyl groups is 1. The molecule has 0 saturated carbocycles. The van der Waals surface area contributed by atoms with E-state index in [1.165, 1.54) is 0 Å². The number of hydrogen-bond donors (Lipinski definition) is 2. The lowest BCUT2D eigenvalue weighted by atomic mass is 10.2. The summed E-state index contributed by atoms with van der Waals surface area (Å²) in [5.41, 5.74) is -0.451. The van der Waals surface area contributed by atoms with Crippen molar-refractivity contribution >= 4 is 6.09 Å². The molecule has 1 fully saturated rings. The summed E-state index contributed by atoms with van der Waals surface area (Å²) in [4.78, 5) is 13.5. The SMILES string of the molecule is CC(C)(C)OC(=O)N1CCN[C@@H](CO)CC1. The summed E-state index contributed by atoms with van der Waals surface area (Å²) in [6.07, 6.45) is 0.489. The van der Waals surface area contributed by atoms with Crippen molar-refractivity contribution in [1.82, 2.24) is 10.2 Å². The minimum absolute atomic E-state index is 0.0902. The number of rotatable bonds is 1. The maximum atomic E-state index is 11.8. The fraction of sp³-hybridized carbons (Fsp3) is 0.909. The van der Waals surface area contributed by atoms with Crippen molar-refractivity contribution in [2.24, 2.45) is 0 Å². The molecule has 1 aliphatic heterocycles. The van der Waals surface area contributed by atoms with Crippen LogP contribution in [0.3, 0.4) is 0 Å². The number of carbonyl (C=O) groups excluding carboxylic acids is 1. The Bertz CT molecular complexity index is 238. The Morgan fingerprint density at radius 3 is 2.75 bits per heavy atom. The first-order valence-electron chi connectivity index (χ1n) is 5.74.